The van der Waals surface area contributed by atoms with Gasteiger partial charge >= 0.3 is 0 Å². The van der Waals surface area contributed by atoms with Gasteiger partial charge in [0, 0.05) is 33.8 Å². The highest BCUT2D eigenvalue weighted by molar-refractivity contribution is 5.90. The van der Waals surface area contributed by atoms with Crippen LogP contribution in [0.5, 0.6) is 0 Å². The highest BCUT2D eigenvalue weighted by Crippen LogP contribution is 2.56. The summed E-state index contributed by atoms with van der Waals surface area (Å²) < 4.78 is 79.0. The van der Waals surface area contributed by atoms with Crippen LogP contribution >= 0.6 is 0 Å². The van der Waals surface area contributed by atoms with Crippen LogP contribution in [0.3, 0.4) is 0 Å². The van der Waals surface area contributed by atoms with Crippen LogP contribution < -0.4 is 4.90 Å². The van der Waals surface area contributed by atoms with Crippen molar-refractivity contribution in [3.63, 3.8) is 0 Å². The molecule has 3 aliphatic rings. The van der Waals surface area contributed by atoms with E-state index in [2.05, 4.69) is 126 Å². The lowest BCUT2D eigenvalue weighted by molar-refractivity contribution is 0.617. The molecule has 5 heteroatoms. The number of benzene rings is 7. The monoisotopic (exact) mass is 755 g/mol. The van der Waals surface area contributed by atoms with E-state index in [0.717, 1.165) is 16.7 Å². The molecule has 7 aromatic carbocycles. The number of oxazole rings is 2. The van der Waals surface area contributed by atoms with E-state index in [4.69, 9.17) is 19.8 Å². The summed E-state index contributed by atoms with van der Waals surface area (Å²) in [7, 11) is 0. The van der Waals surface area contributed by atoms with Crippen molar-refractivity contribution in [3.05, 3.63) is 192 Å². The van der Waals surface area contributed by atoms with E-state index in [0.29, 0.717) is 16.7 Å². The van der Waals surface area contributed by atoms with E-state index in [1.165, 1.54) is 39.2 Å². The zero-order chi connectivity index (χ0) is 45.5. The van der Waals surface area contributed by atoms with Crippen LogP contribution in [0.1, 0.15) is 47.4 Å². The summed E-state index contributed by atoms with van der Waals surface area (Å²) >= 11 is 0. The predicted octanol–water partition coefficient (Wildman–Crippen LogP) is 13.7. The second-order valence-corrected chi connectivity index (χ2v) is 15.6. The fourth-order valence-corrected chi connectivity index (χ4v) is 9.13. The van der Waals surface area contributed by atoms with Crippen molar-refractivity contribution in [1.29, 1.82) is 0 Å². The molecule has 0 bridgehead atoms. The van der Waals surface area contributed by atoms with Gasteiger partial charge in [0.1, 0.15) is 11.0 Å². The number of hydrogen-bond acceptors (Lipinski definition) is 5. The van der Waals surface area contributed by atoms with Crippen LogP contribution in [0.4, 0.5) is 11.4 Å². The lowest BCUT2D eigenvalue weighted by atomic mass is 9.81. The number of hydrogen-bond donors (Lipinski definition) is 0. The van der Waals surface area contributed by atoms with Gasteiger partial charge in [-0.1, -0.05) is 111 Å². The zero-order valence-electron chi connectivity index (χ0n) is 39.4. The Labute approximate surface area is 347 Å². The first kappa shape index (κ1) is 25.8. The Hall–Kier alpha value is -7.24. The van der Waals surface area contributed by atoms with E-state index in [1.54, 1.807) is 6.07 Å². The summed E-state index contributed by atoms with van der Waals surface area (Å²) in [5.41, 5.74) is 12.6. The first-order valence-electron chi connectivity index (χ1n) is 23.3. The maximum Gasteiger partial charge on any atom is 0.227 e. The highest BCUT2D eigenvalue weighted by atomic mass is 16.4. The van der Waals surface area contributed by atoms with E-state index in [1.807, 2.05) is 24.3 Å². The zero-order valence-corrected chi connectivity index (χ0v) is 31.4. The molecule has 0 fully saturated rings. The molecule has 2 aromatic heterocycles. The van der Waals surface area contributed by atoms with Crippen molar-refractivity contribution >= 4 is 33.6 Å². The Morgan fingerprint density at radius 1 is 0.569 bits per heavy atom. The highest BCUT2D eigenvalue weighted by Gasteiger charge is 2.42. The summed E-state index contributed by atoms with van der Waals surface area (Å²) in [6.45, 7) is 4.60. The maximum absolute atomic E-state index is 8.50. The molecule has 0 spiro atoms. The van der Waals surface area contributed by atoms with Gasteiger partial charge < -0.3 is 13.7 Å². The molecule has 9 aromatic rings. The van der Waals surface area contributed by atoms with Crippen molar-refractivity contribution in [2.24, 2.45) is 0 Å². The van der Waals surface area contributed by atoms with Crippen LogP contribution in [0.25, 0.3) is 78.5 Å². The van der Waals surface area contributed by atoms with Crippen molar-refractivity contribution in [1.82, 2.24) is 9.97 Å². The molecule has 5 nitrogen and oxygen atoms in total. The molecular weight excluding hydrogens is 711 g/mol. The molecule has 3 heterocycles. The smallest absolute Gasteiger partial charge is 0.227 e. The molecule has 58 heavy (non-hydrogen) atoms. The molecule has 276 valence electrons. The minimum absolute atomic E-state index is 0.0116. The van der Waals surface area contributed by atoms with E-state index in [-0.39, 0.29) is 75.5 Å². The topological polar surface area (TPSA) is 55.3 Å². The Balaban J connectivity index is 0.972. The van der Waals surface area contributed by atoms with Crippen molar-refractivity contribution in [2.75, 3.05) is 4.90 Å². The van der Waals surface area contributed by atoms with E-state index >= 15 is 0 Å². The Morgan fingerprint density at radius 3 is 1.90 bits per heavy atom. The van der Waals surface area contributed by atoms with Gasteiger partial charge in [-0.3, -0.25) is 0 Å². The molecule has 0 saturated heterocycles. The molecule has 0 amide bonds. The van der Waals surface area contributed by atoms with Crippen molar-refractivity contribution < 1.29 is 19.8 Å². The number of para-hydroxylation sites is 5. The lowest BCUT2D eigenvalue weighted by Crippen LogP contribution is -2.28. The molecule has 0 saturated carbocycles. The Morgan fingerprint density at radius 2 is 1.17 bits per heavy atom. The largest absolute Gasteiger partial charge is 0.436 e. The normalized spacial score (nSPS) is 19.0. The number of rotatable bonds is 5. The van der Waals surface area contributed by atoms with Gasteiger partial charge in [-0.2, -0.15) is 0 Å². The third-order valence-electron chi connectivity index (χ3n) is 11.9. The number of aromatic nitrogens is 2. The van der Waals surface area contributed by atoms with Crippen LogP contribution in [-0.2, 0) is 5.41 Å². The van der Waals surface area contributed by atoms with Gasteiger partial charge in [-0.15, -0.1) is 0 Å². The van der Waals surface area contributed by atoms with Gasteiger partial charge in [0.2, 0.25) is 11.8 Å². The first-order chi connectivity index (χ1) is 31.8. The number of allylic oxidation sites excluding steroid dienone is 2. The van der Waals surface area contributed by atoms with Gasteiger partial charge in [0.05, 0.1) is 17.0 Å². The second-order valence-electron chi connectivity index (χ2n) is 15.6. The van der Waals surface area contributed by atoms with Crippen LogP contribution in [0, 0.1) is 0 Å². The van der Waals surface area contributed by atoms with Crippen LogP contribution in [-0.4, -0.2) is 16.0 Å². The molecule has 2 aliphatic carbocycles. The third kappa shape index (κ3) is 5.03. The third-order valence-corrected chi connectivity index (χ3v) is 11.9. The Kier molecular flexibility index (Phi) is 5.51. The SMILES string of the molecule is [2H]c1c([2H])c([2H])c2oc(-c3cc(-c4cccc(-c5ccc6c(c5)C(C)(C)c5cc7c(cc5-6)C5C=CC=CC5N7c5ccccc5)c4)cc(-c4nc5c([2H])c([2H])c([2H])c([2H])c5o4)c3)nc2c1[2H]. The maximum atomic E-state index is 8.50. The molecule has 0 radical (unpaired) electrons. The summed E-state index contributed by atoms with van der Waals surface area (Å²) in [6, 6.07) is 32.9. The van der Waals surface area contributed by atoms with Gasteiger partial charge in [-0.25, -0.2) is 9.97 Å². The summed E-state index contributed by atoms with van der Waals surface area (Å²) in [6.07, 6.45) is 8.93. The average molecular weight is 756 g/mol. The second kappa shape index (κ2) is 12.4. The van der Waals surface area contributed by atoms with Gasteiger partial charge in [-0.05, 0) is 129 Å². The van der Waals surface area contributed by atoms with E-state index < -0.39 is 24.2 Å². The molecule has 2 unspecified atom stereocenters. The number of nitrogens with zero attached hydrogens (tertiary/aromatic N) is 3. The fraction of sp³-hybridized carbons (Fsp3) is 0.0943. The average Bonchev–Trinajstić information content (AvgIpc) is 4.12. The molecule has 1 aliphatic heterocycles. The Bertz CT molecular complexity index is 3440. The number of anilines is 2. The van der Waals surface area contributed by atoms with Gasteiger partial charge in [0.25, 0.3) is 0 Å². The van der Waals surface area contributed by atoms with Crippen molar-refractivity contribution in [2.45, 2.75) is 31.2 Å². The molecular formula is C53H37N3O2. The fourth-order valence-electron chi connectivity index (χ4n) is 9.13. The van der Waals surface area contributed by atoms with E-state index in [9.17, 15) is 0 Å². The number of fused-ring (bicyclic) bond motifs is 8. The van der Waals surface area contributed by atoms with Crippen molar-refractivity contribution in [3.8, 4) is 56.3 Å². The predicted molar refractivity (Wildman–Crippen MR) is 234 cm³/mol. The molecule has 2 atom stereocenters. The quantitative estimate of drug-likeness (QED) is 0.175. The van der Waals surface area contributed by atoms with Gasteiger partial charge in [0.15, 0.2) is 11.2 Å². The summed E-state index contributed by atoms with van der Waals surface area (Å²) in [5.74, 6) is 0.326. The van der Waals surface area contributed by atoms with Crippen LogP contribution in [0.15, 0.2) is 185 Å². The minimum atomic E-state index is -0.433. The first-order valence-corrected chi connectivity index (χ1v) is 19.3. The lowest BCUT2D eigenvalue weighted by Gasteiger charge is -2.29. The summed E-state index contributed by atoms with van der Waals surface area (Å²) in [4.78, 5) is 11.6. The van der Waals surface area contributed by atoms with Crippen LogP contribution in [0.2, 0.25) is 0 Å². The molecule has 12 rings (SSSR count). The summed E-state index contributed by atoms with van der Waals surface area (Å²) in [5, 5.41) is 0. The molecule has 0 N–H and O–H groups in total. The minimum Gasteiger partial charge on any atom is -0.436 e. The standard InChI is InChI=1S/C53H37N3O2/c1-53(2)43-29-34(23-24-39(43)41-30-42-40-17-6-9-20-47(40)56(48(42)31-44(41)53)38-15-4-3-5-16-38)32-13-12-14-33(25-32)35-26-36(51-54-45-18-7-10-21-49(45)57-51)28-37(27-35)52-55-46-19-8-11-22-50(46)58-52/h3-31,40,47H,1-2H3/i7D,8D,10D,11D,18D,19D,21D,22D.